The molecular formula is C17H23BrF3N5O2. The summed E-state index contributed by atoms with van der Waals surface area (Å²) in [5, 5.41) is 2.95. The number of aromatic nitrogens is 2. The number of alkyl halides is 3. The number of carbonyl (C=O) groups excluding carboxylic acids is 1. The van der Waals surface area contributed by atoms with Gasteiger partial charge in [0.15, 0.2) is 17.2 Å². The van der Waals surface area contributed by atoms with Gasteiger partial charge in [0.05, 0.1) is 19.4 Å². The number of rotatable bonds is 4. The van der Waals surface area contributed by atoms with Gasteiger partial charge in [-0.1, -0.05) is 19.3 Å². The zero-order valence-corrected chi connectivity index (χ0v) is 16.9. The summed E-state index contributed by atoms with van der Waals surface area (Å²) in [6, 6.07) is 0. The molecule has 1 aromatic rings. The van der Waals surface area contributed by atoms with E-state index in [1.165, 1.54) is 6.42 Å². The van der Waals surface area contributed by atoms with Crippen LogP contribution in [-0.4, -0.2) is 53.2 Å². The van der Waals surface area contributed by atoms with Crippen LogP contribution in [0.4, 0.5) is 19.0 Å². The number of morpholine rings is 1. The van der Waals surface area contributed by atoms with Crippen molar-refractivity contribution in [1.29, 1.82) is 0 Å². The number of hydrogen-bond acceptors (Lipinski definition) is 6. The molecule has 7 nitrogen and oxygen atoms in total. The van der Waals surface area contributed by atoms with E-state index in [2.05, 4.69) is 36.1 Å². The normalized spacial score (nSPS) is 20.7. The highest BCUT2D eigenvalue weighted by molar-refractivity contribution is 9.10. The Labute approximate surface area is 169 Å². The molecular weight excluding hydrogens is 443 g/mol. The highest BCUT2D eigenvalue weighted by atomic mass is 79.9. The SMILES string of the molecule is Nc1nc(C(F)(F)F)c(Br)nc1C(=O)NC(C1CCCCC1)N1CCOCC1. The van der Waals surface area contributed by atoms with Crippen LogP contribution in [0.1, 0.15) is 48.3 Å². The van der Waals surface area contributed by atoms with Gasteiger partial charge in [0, 0.05) is 13.1 Å². The number of ether oxygens (including phenoxy) is 1. The summed E-state index contributed by atoms with van der Waals surface area (Å²) < 4.78 is 43.7. The lowest BCUT2D eigenvalue weighted by Gasteiger charge is -2.40. The van der Waals surface area contributed by atoms with Gasteiger partial charge in [0.25, 0.3) is 5.91 Å². The van der Waals surface area contributed by atoms with Crippen molar-refractivity contribution in [3.05, 3.63) is 16.0 Å². The van der Waals surface area contributed by atoms with E-state index >= 15 is 0 Å². The van der Waals surface area contributed by atoms with Crippen molar-refractivity contribution in [3.63, 3.8) is 0 Å². The molecule has 28 heavy (non-hydrogen) atoms. The van der Waals surface area contributed by atoms with E-state index in [0.717, 1.165) is 25.7 Å². The molecule has 2 heterocycles. The standard InChI is InChI=1S/C17H23BrF3N5O2/c18-13-12(17(19,20)21)24-14(22)11(23-13)16(27)25-15(10-4-2-1-3-5-10)26-6-8-28-9-7-26/h10,15H,1-9H2,(H2,22,24)(H,25,27). The van der Waals surface area contributed by atoms with E-state index in [9.17, 15) is 18.0 Å². The number of hydrogen-bond donors (Lipinski definition) is 2. The van der Waals surface area contributed by atoms with Gasteiger partial charge < -0.3 is 15.8 Å². The van der Waals surface area contributed by atoms with Gasteiger partial charge in [-0.3, -0.25) is 9.69 Å². The van der Waals surface area contributed by atoms with E-state index < -0.39 is 28.2 Å². The quantitative estimate of drug-likeness (QED) is 0.709. The minimum atomic E-state index is -4.71. The number of anilines is 1. The molecule has 3 rings (SSSR count). The number of amides is 1. The average Bonchev–Trinajstić information content (AvgIpc) is 2.68. The topological polar surface area (TPSA) is 93.4 Å². The first-order valence-electron chi connectivity index (χ1n) is 9.30. The van der Waals surface area contributed by atoms with Crippen molar-refractivity contribution >= 4 is 27.7 Å². The maximum Gasteiger partial charge on any atom is 0.436 e. The number of nitrogens with one attached hydrogen (secondary N) is 1. The van der Waals surface area contributed by atoms with Crippen LogP contribution < -0.4 is 11.1 Å². The summed E-state index contributed by atoms with van der Waals surface area (Å²) in [7, 11) is 0. The number of nitrogen functional groups attached to an aromatic ring is 1. The van der Waals surface area contributed by atoms with Gasteiger partial charge in [-0.25, -0.2) is 9.97 Å². The smallest absolute Gasteiger partial charge is 0.382 e. The van der Waals surface area contributed by atoms with Crippen LogP contribution in [0.2, 0.25) is 0 Å². The third kappa shape index (κ3) is 4.93. The predicted molar refractivity (Wildman–Crippen MR) is 99.4 cm³/mol. The molecule has 11 heteroatoms. The van der Waals surface area contributed by atoms with Gasteiger partial charge in [-0.05, 0) is 34.7 Å². The zero-order valence-electron chi connectivity index (χ0n) is 15.3. The van der Waals surface area contributed by atoms with Crippen LogP contribution in [-0.2, 0) is 10.9 Å². The molecule has 1 saturated heterocycles. The lowest BCUT2D eigenvalue weighted by Crippen LogP contribution is -2.56. The molecule has 0 bridgehead atoms. The lowest BCUT2D eigenvalue weighted by atomic mass is 9.86. The first kappa shape index (κ1) is 21.3. The molecule has 2 aliphatic rings. The molecule has 0 radical (unpaired) electrons. The van der Waals surface area contributed by atoms with Gasteiger partial charge in [-0.15, -0.1) is 0 Å². The molecule has 1 saturated carbocycles. The summed E-state index contributed by atoms with van der Waals surface area (Å²) in [6.45, 7) is 2.51. The highest BCUT2D eigenvalue weighted by Gasteiger charge is 2.38. The second-order valence-corrected chi connectivity index (χ2v) is 7.81. The number of nitrogens with zero attached hydrogens (tertiary/aromatic N) is 3. The molecule has 0 aromatic carbocycles. The largest absolute Gasteiger partial charge is 0.436 e. The number of nitrogens with two attached hydrogens (primary N) is 1. The highest BCUT2D eigenvalue weighted by Crippen LogP contribution is 2.33. The second-order valence-electron chi connectivity index (χ2n) is 7.06. The lowest BCUT2D eigenvalue weighted by molar-refractivity contribution is -0.142. The molecule has 1 unspecified atom stereocenters. The van der Waals surface area contributed by atoms with Crippen LogP contribution in [0, 0.1) is 5.92 Å². The Morgan fingerprint density at radius 2 is 1.86 bits per heavy atom. The summed E-state index contributed by atoms with van der Waals surface area (Å²) in [5.41, 5.74) is 4.07. The Balaban J connectivity index is 1.82. The Bertz CT molecular complexity index is 689. The summed E-state index contributed by atoms with van der Waals surface area (Å²) in [5.74, 6) is -0.901. The monoisotopic (exact) mass is 465 g/mol. The molecule has 1 aromatic heterocycles. The maximum absolute atomic E-state index is 13.0. The first-order chi connectivity index (χ1) is 13.3. The number of carbonyl (C=O) groups is 1. The third-order valence-corrected chi connectivity index (χ3v) is 5.73. The van der Waals surface area contributed by atoms with Crippen molar-refractivity contribution in [2.45, 2.75) is 44.4 Å². The summed E-state index contributed by atoms with van der Waals surface area (Å²) in [6.07, 6.45) is 0.377. The fraction of sp³-hybridized carbons (Fsp3) is 0.706. The van der Waals surface area contributed by atoms with Crippen LogP contribution in [0.25, 0.3) is 0 Å². The third-order valence-electron chi connectivity index (χ3n) is 5.18. The molecule has 1 aliphatic heterocycles. The van der Waals surface area contributed by atoms with Crippen LogP contribution in [0.5, 0.6) is 0 Å². The molecule has 1 amide bonds. The van der Waals surface area contributed by atoms with Gasteiger partial charge >= 0.3 is 6.18 Å². The Kier molecular flexibility index (Phi) is 6.77. The molecule has 1 atom stereocenters. The molecule has 156 valence electrons. The van der Waals surface area contributed by atoms with E-state index in [1.54, 1.807) is 0 Å². The molecule has 0 spiro atoms. The molecule has 3 N–H and O–H groups in total. The van der Waals surface area contributed by atoms with Crippen molar-refractivity contribution < 1.29 is 22.7 Å². The predicted octanol–water partition coefficient (Wildman–Crippen LogP) is 2.81. The maximum atomic E-state index is 13.0. The minimum absolute atomic E-state index is 0.237. The Hall–Kier alpha value is -1.46. The van der Waals surface area contributed by atoms with Crippen molar-refractivity contribution in [3.8, 4) is 0 Å². The summed E-state index contributed by atoms with van der Waals surface area (Å²) >= 11 is 2.75. The van der Waals surface area contributed by atoms with Gasteiger partial charge in [0.1, 0.15) is 4.60 Å². The number of halogens is 4. The zero-order chi connectivity index (χ0) is 20.3. The van der Waals surface area contributed by atoms with E-state index in [1.807, 2.05) is 0 Å². The Morgan fingerprint density at radius 3 is 2.46 bits per heavy atom. The van der Waals surface area contributed by atoms with E-state index in [0.29, 0.717) is 26.3 Å². The van der Waals surface area contributed by atoms with Gasteiger partial charge in [-0.2, -0.15) is 13.2 Å². The average molecular weight is 466 g/mol. The molecule has 1 aliphatic carbocycles. The molecule has 2 fully saturated rings. The van der Waals surface area contributed by atoms with Crippen molar-refractivity contribution in [2.75, 3.05) is 32.0 Å². The van der Waals surface area contributed by atoms with Crippen molar-refractivity contribution in [2.24, 2.45) is 5.92 Å². The fourth-order valence-electron chi connectivity index (χ4n) is 3.79. The van der Waals surface area contributed by atoms with Crippen LogP contribution in [0.3, 0.4) is 0 Å². The summed E-state index contributed by atoms with van der Waals surface area (Å²) in [4.78, 5) is 22.1. The Morgan fingerprint density at radius 1 is 1.21 bits per heavy atom. The van der Waals surface area contributed by atoms with Gasteiger partial charge in [0.2, 0.25) is 0 Å². The van der Waals surface area contributed by atoms with E-state index in [-0.39, 0.29) is 17.8 Å². The van der Waals surface area contributed by atoms with Crippen LogP contribution in [0.15, 0.2) is 4.60 Å². The van der Waals surface area contributed by atoms with Crippen molar-refractivity contribution in [1.82, 2.24) is 20.2 Å². The minimum Gasteiger partial charge on any atom is -0.382 e. The first-order valence-corrected chi connectivity index (χ1v) is 10.1. The fourth-order valence-corrected chi connectivity index (χ4v) is 4.28. The van der Waals surface area contributed by atoms with Crippen LogP contribution >= 0.6 is 15.9 Å². The van der Waals surface area contributed by atoms with E-state index in [4.69, 9.17) is 10.5 Å². The second kappa shape index (κ2) is 8.91.